The van der Waals surface area contributed by atoms with Gasteiger partial charge in [0.15, 0.2) is 0 Å². The number of primary amides is 1. The first-order chi connectivity index (χ1) is 12.6. The Morgan fingerprint density at radius 3 is 1.92 bits per heavy atom. The Kier molecular flexibility index (Phi) is 2.78. The molecule has 0 saturated carbocycles. The molecule has 0 fully saturated rings. The minimum absolute atomic E-state index is 0.0615. The summed E-state index contributed by atoms with van der Waals surface area (Å²) in [5.41, 5.74) is 5.65. The molecule has 5 aromatic rings. The van der Waals surface area contributed by atoms with Gasteiger partial charge in [-0.15, -0.1) is 0 Å². The molecule has 0 aromatic heterocycles. The van der Waals surface area contributed by atoms with Gasteiger partial charge in [-0.25, -0.2) is 4.79 Å². The molecule has 5 rings (SSSR count). The zero-order chi connectivity index (χ0) is 18.0. The van der Waals surface area contributed by atoms with Gasteiger partial charge in [0.1, 0.15) is 0 Å². The standard InChI is InChI=1S/C22H13NO3/c23-21(24)20-16(22(25)26)10-12-6-3-8-14-13-7-1-4-11-5-2-9-15(17(11)13)19(20)18(12)14/h1-10H,(H2,23,24)(H,25,26). The van der Waals surface area contributed by atoms with Crippen LogP contribution in [0, 0.1) is 0 Å². The van der Waals surface area contributed by atoms with E-state index in [0.29, 0.717) is 5.39 Å². The summed E-state index contributed by atoms with van der Waals surface area (Å²) in [6, 6.07) is 19.2. The van der Waals surface area contributed by atoms with Crippen LogP contribution >= 0.6 is 0 Å². The van der Waals surface area contributed by atoms with Crippen molar-refractivity contribution < 1.29 is 14.7 Å². The third-order valence-corrected chi connectivity index (χ3v) is 5.11. The molecule has 0 aliphatic carbocycles. The highest BCUT2D eigenvalue weighted by Crippen LogP contribution is 2.42. The lowest BCUT2D eigenvalue weighted by Crippen LogP contribution is -2.17. The second kappa shape index (κ2) is 4.92. The smallest absolute Gasteiger partial charge is 0.336 e. The number of hydrogen-bond donors (Lipinski definition) is 2. The summed E-state index contributed by atoms with van der Waals surface area (Å²) in [4.78, 5) is 24.1. The van der Waals surface area contributed by atoms with Crippen LogP contribution in [0.5, 0.6) is 0 Å². The average molecular weight is 339 g/mol. The maximum absolute atomic E-state index is 12.3. The maximum atomic E-state index is 12.3. The number of aromatic carboxylic acids is 1. The van der Waals surface area contributed by atoms with Gasteiger partial charge in [0.05, 0.1) is 11.1 Å². The molecule has 3 N–H and O–H groups in total. The van der Waals surface area contributed by atoms with E-state index in [1.165, 1.54) is 0 Å². The van der Waals surface area contributed by atoms with Crippen molar-refractivity contribution in [1.29, 1.82) is 0 Å². The summed E-state index contributed by atoms with van der Waals surface area (Å²) < 4.78 is 0. The minimum atomic E-state index is -1.16. The maximum Gasteiger partial charge on any atom is 0.336 e. The zero-order valence-corrected chi connectivity index (χ0v) is 13.6. The average Bonchev–Trinajstić information content (AvgIpc) is 2.64. The predicted molar refractivity (Wildman–Crippen MR) is 103 cm³/mol. The van der Waals surface area contributed by atoms with Crippen LogP contribution in [0.1, 0.15) is 20.7 Å². The molecule has 4 heteroatoms. The molecule has 0 radical (unpaired) electrons. The molecule has 0 bridgehead atoms. The van der Waals surface area contributed by atoms with Crippen molar-refractivity contribution in [1.82, 2.24) is 0 Å². The van der Waals surface area contributed by atoms with Crippen molar-refractivity contribution in [2.45, 2.75) is 0 Å². The van der Waals surface area contributed by atoms with Gasteiger partial charge in [-0.2, -0.15) is 0 Å². The molecular weight excluding hydrogens is 326 g/mol. The Hall–Kier alpha value is -3.66. The van der Waals surface area contributed by atoms with Gasteiger partial charge in [-0.1, -0.05) is 54.6 Å². The van der Waals surface area contributed by atoms with E-state index in [1.54, 1.807) is 6.07 Å². The van der Waals surface area contributed by atoms with E-state index in [-0.39, 0.29) is 11.1 Å². The number of hydrogen-bond acceptors (Lipinski definition) is 2. The molecule has 1 amide bonds. The van der Waals surface area contributed by atoms with Gasteiger partial charge in [0, 0.05) is 5.39 Å². The minimum Gasteiger partial charge on any atom is -0.478 e. The summed E-state index contributed by atoms with van der Waals surface area (Å²) in [6.45, 7) is 0. The summed E-state index contributed by atoms with van der Waals surface area (Å²) in [5, 5.41) is 16.9. The molecule has 124 valence electrons. The molecule has 0 atom stereocenters. The highest BCUT2D eigenvalue weighted by atomic mass is 16.4. The Labute approximate surface area is 147 Å². The molecule has 0 aliphatic heterocycles. The van der Waals surface area contributed by atoms with Crippen molar-refractivity contribution in [3.8, 4) is 0 Å². The van der Waals surface area contributed by atoms with Crippen LogP contribution in [-0.2, 0) is 0 Å². The molecule has 0 spiro atoms. The van der Waals surface area contributed by atoms with Gasteiger partial charge in [-0.05, 0) is 43.8 Å². The highest BCUT2D eigenvalue weighted by Gasteiger charge is 2.23. The second-order valence-corrected chi connectivity index (χ2v) is 6.46. The van der Waals surface area contributed by atoms with Crippen molar-refractivity contribution in [2.24, 2.45) is 5.73 Å². The molecule has 0 heterocycles. The lowest BCUT2D eigenvalue weighted by atomic mass is 9.85. The zero-order valence-electron chi connectivity index (χ0n) is 13.6. The summed E-state index contributed by atoms with van der Waals surface area (Å²) >= 11 is 0. The van der Waals surface area contributed by atoms with Gasteiger partial charge in [0.2, 0.25) is 5.91 Å². The number of carbonyl (C=O) groups excluding carboxylic acids is 1. The number of fused-ring (bicyclic) bond motifs is 2. The first-order valence-electron chi connectivity index (χ1n) is 8.23. The molecule has 5 aromatic carbocycles. The third kappa shape index (κ3) is 1.73. The van der Waals surface area contributed by atoms with Gasteiger partial charge in [0.25, 0.3) is 0 Å². The Bertz CT molecular complexity index is 1380. The van der Waals surface area contributed by atoms with E-state index in [1.807, 2.05) is 48.5 Å². The van der Waals surface area contributed by atoms with Gasteiger partial charge >= 0.3 is 5.97 Å². The summed E-state index contributed by atoms with van der Waals surface area (Å²) in [7, 11) is 0. The van der Waals surface area contributed by atoms with Crippen LogP contribution in [0.4, 0.5) is 0 Å². The Morgan fingerprint density at radius 2 is 1.31 bits per heavy atom. The SMILES string of the molecule is NC(=O)c1c(C(=O)O)cc2cccc3c4cccc5cccc(c1c23)c54. The molecule has 0 aliphatic rings. The predicted octanol–water partition coefficient (Wildman–Crippen LogP) is 4.53. The van der Waals surface area contributed by atoms with Crippen LogP contribution in [-0.4, -0.2) is 17.0 Å². The normalized spacial score (nSPS) is 11.7. The van der Waals surface area contributed by atoms with E-state index >= 15 is 0 Å². The van der Waals surface area contributed by atoms with Crippen LogP contribution < -0.4 is 5.73 Å². The third-order valence-electron chi connectivity index (χ3n) is 5.11. The number of amides is 1. The molecule has 4 nitrogen and oxygen atoms in total. The second-order valence-electron chi connectivity index (χ2n) is 6.46. The van der Waals surface area contributed by atoms with E-state index in [9.17, 15) is 14.7 Å². The van der Waals surface area contributed by atoms with Crippen molar-refractivity contribution in [3.63, 3.8) is 0 Å². The lowest BCUT2D eigenvalue weighted by molar-refractivity contribution is 0.0692. The largest absolute Gasteiger partial charge is 0.478 e. The molecular formula is C22H13NO3. The summed E-state index contributed by atoms with van der Waals surface area (Å²) in [6.07, 6.45) is 0. The van der Waals surface area contributed by atoms with Crippen molar-refractivity contribution >= 4 is 55.0 Å². The fourth-order valence-corrected chi connectivity index (χ4v) is 4.15. The molecule has 0 saturated heterocycles. The first kappa shape index (κ1) is 14.7. The monoisotopic (exact) mass is 339 g/mol. The topological polar surface area (TPSA) is 80.4 Å². The fraction of sp³-hybridized carbons (Fsp3) is 0. The van der Waals surface area contributed by atoms with Crippen LogP contribution in [0.15, 0.2) is 60.7 Å². The van der Waals surface area contributed by atoms with Crippen molar-refractivity contribution in [3.05, 3.63) is 71.8 Å². The summed E-state index contributed by atoms with van der Waals surface area (Å²) in [5.74, 6) is -1.89. The van der Waals surface area contributed by atoms with Crippen molar-refractivity contribution in [2.75, 3.05) is 0 Å². The lowest BCUT2D eigenvalue weighted by Gasteiger charge is -2.17. The number of rotatable bonds is 2. The van der Waals surface area contributed by atoms with E-state index < -0.39 is 11.9 Å². The number of carboxylic acids is 1. The Balaban J connectivity index is 2.26. The van der Waals surface area contributed by atoms with Crippen LogP contribution in [0.25, 0.3) is 43.1 Å². The van der Waals surface area contributed by atoms with Crippen LogP contribution in [0.3, 0.4) is 0 Å². The molecule has 26 heavy (non-hydrogen) atoms. The Morgan fingerprint density at radius 1 is 0.731 bits per heavy atom. The quantitative estimate of drug-likeness (QED) is 0.366. The van der Waals surface area contributed by atoms with Crippen LogP contribution in [0.2, 0.25) is 0 Å². The highest BCUT2D eigenvalue weighted by molar-refractivity contribution is 6.36. The van der Waals surface area contributed by atoms with E-state index in [0.717, 1.165) is 37.7 Å². The molecule has 0 unspecified atom stereocenters. The number of carboxylic acid groups (broad SMARTS) is 1. The van der Waals surface area contributed by atoms with Gasteiger partial charge < -0.3 is 10.8 Å². The fourth-order valence-electron chi connectivity index (χ4n) is 4.15. The van der Waals surface area contributed by atoms with E-state index in [2.05, 4.69) is 6.07 Å². The van der Waals surface area contributed by atoms with Gasteiger partial charge in [-0.3, -0.25) is 4.79 Å². The first-order valence-corrected chi connectivity index (χ1v) is 8.23. The number of benzene rings is 5. The number of nitrogens with two attached hydrogens (primary N) is 1. The number of carbonyl (C=O) groups is 2. The van der Waals surface area contributed by atoms with E-state index in [4.69, 9.17) is 5.73 Å².